The van der Waals surface area contributed by atoms with Crippen molar-refractivity contribution < 1.29 is 4.79 Å². The highest BCUT2D eigenvalue weighted by Gasteiger charge is 2.13. The number of carbonyl (C=O) groups is 1. The normalized spacial score (nSPS) is 10.7. The molecule has 122 valence electrons. The van der Waals surface area contributed by atoms with Crippen LogP contribution in [0.5, 0.6) is 0 Å². The lowest BCUT2D eigenvalue weighted by Gasteiger charge is -2.07. The van der Waals surface area contributed by atoms with Gasteiger partial charge >= 0.3 is 0 Å². The number of carbonyl (C=O) groups excluding carboxylic acids is 1. The van der Waals surface area contributed by atoms with Crippen LogP contribution in [-0.2, 0) is 5.75 Å². The highest BCUT2D eigenvalue weighted by molar-refractivity contribution is 7.98. The monoisotopic (exact) mass is 339 g/mol. The molecule has 2 aromatic carbocycles. The predicted octanol–water partition coefficient (Wildman–Crippen LogP) is 2.59. The molecule has 0 saturated carbocycles. The van der Waals surface area contributed by atoms with Crippen molar-refractivity contribution >= 4 is 28.4 Å². The summed E-state index contributed by atoms with van der Waals surface area (Å²) in [6, 6.07) is 17.2. The Morgan fingerprint density at radius 1 is 1.04 bits per heavy atom. The third-order valence-electron chi connectivity index (χ3n) is 3.55. The van der Waals surface area contributed by atoms with Crippen molar-refractivity contribution in [1.29, 1.82) is 0 Å². The van der Waals surface area contributed by atoms with Gasteiger partial charge in [0.1, 0.15) is 0 Å². The Labute approximate surface area is 143 Å². The lowest BCUT2D eigenvalue weighted by molar-refractivity contribution is 0.0952. The third kappa shape index (κ3) is 3.83. The lowest BCUT2D eigenvalue weighted by atomic mass is 10.1. The van der Waals surface area contributed by atoms with Gasteiger partial charge in [0.25, 0.3) is 11.5 Å². The van der Waals surface area contributed by atoms with Crippen LogP contribution in [0.25, 0.3) is 10.8 Å². The number of aromatic amines is 1. The Morgan fingerprint density at radius 2 is 1.75 bits per heavy atom. The Hall–Kier alpha value is -2.60. The number of hydrogen-bond donors (Lipinski definition) is 2. The Balaban J connectivity index is 1.56. The molecule has 0 aliphatic rings. The van der Waals surface area contributed by atoms with Crippen molar-refractivity contribution in [2.24, 2.45) is 0 Å². The molecule has 3 rings (SSSR count). The lowest BCUT2D eigenvalue weighted by Crippen LogP contribution is -2.28. The first-order valence-electron chi connectivity index (χ1n) is 7.63. The molecule has 0 atom stereocenters. The summed E-state index contributed by atoms with van der Waals surface area (Å²) in [5.74, 6) is 1.45. The van der Waals surface area contributed by atoms with Crippen molar-refractivity contribution in [2.45, 2.75) is 5.75 Å². The smallest absolute Gasteiger partial charge is 0.272 e. The highest BCUT2D eigenvalue weighted by Crippen LogP contribution is 2.13. The summed E-state index contributed by atoms with van der Waals surface area (Å²) >= 11 is 1.76. The van der Waals surface area contributed by atoms with Crippen molar-refractivity contribution in [3.8, 4) is 0 Å². The van der Waals surface area contributed by atoms with E-state index in [1.54, 1.807) is 36.0 Å². The molecule has 0 unspecified atom stereocenters. The van der Waals surface area contributed by atoms with Crippen LogP contribution in [0.3, 0.4) is 0 Å². The average molecular weight is 339 g/mol. The quantitative estimate of drug-likeness (QED) is 0.677. The summed E-state index contributed by atoms with van der Waals surface area (Å²) in [5.41, 5.74) is 1.22. The molecule has 2 N–H and O–H groups in total. The Bertz CT molecular complexity index is 893. The summed E-state index contributed by atoms with van der Waals surface area (Å²) < 4.78 is 0. The molecular formula is C18H17N3O2S. The van der Waals surface area contributed by atoms with Crippen molar-refractivity contribution in [2.75, 3.05) is 12.3 Å². The average Bonchev–Trinajstić information content (AvgIpc) is 2.63. The number of amides is 1. The Kier molecular flexibility index (Phi) is 5.28. The molecule has 0 bridgehead atoms. The maximum atomic E-state index is 12.3. The van der Waals surface area contributed by atoms with Gasteiger partial charge in [-0.05, 0) is 11.6 Å². The summed E-state index contributed by atoms with van der Waals surface area (Å²) in [4.78, 5) is 24.0. The fraction of sp³-hybridized carbons (Fsp3) is 0.167. The van der Waals surface area contributed by atoms with Crippen molar-refractivity contribution in [1.82, 2.24) is 15.5 Å². The Morgan fingerprint density at radius 3 is 2.54 bits per heavy atom. The topological polar surface area (TPSA) is 74.8 Å². The van der Waals surface area contributed by atoms with Crippen LogP contribution in [0.2, 0.25) is 0 Å². The molecule has 0 spiro atoms. The van der Waals surface area contributed by atoms with E-state index < -0.39 is 0 Å². The van der Waals surface area contributed by atoms with Crippen LogP contribution in [-0.4, -0.2) is 28.4 Å². The standard InChI is InChI=1S/C18H17N3O2S/c22-17-15-9-5-4-8-14(15)16(20-21-17)18(23)19-10-11-24-12-13-6-2-1-3-7-13/h1-9H,10-12H2,(H,19,23)(H,21,22). The number of benzene rings is 2. The van der Waals surface area contributed by atoms with Crippen LogP contribution in [0, 0.1) is 0 Å². The maximum absolute atomic E-state index is 12.3. The van der Waals surface area contributed by atoms with Gasteiger partial charge in [0.2, 0.25) is 0 Å². The van der Waals surface area contributed by atoms with Crippen LogP contribution in [0.4, 0.5) is 0 Å². The first kappa shape index (κ1) is 16.3. The fourth-order valence-corrected chi connectivity index (χ4v) is 3.19. The van der Waals surface area contributed by atoms with Gasteiger partial charge in [-0.15, -0.1) is 0 Å². The number of nitrogens with one attached hydrogen (secondary N) is 2. The molecule has 0 aliphatic heterocycles. The molecule has 1 heterocycles. The van der Waals surface area contributed by atoms with Gasteiger partial charge < -0.3 is 5.32 Å². The summed E-state index contributed by atoms with van der Waals surface area (Å²) in [7, 11) is 0. The minimum absolute atomic E-state index is 0.248. The number of fused-ring (bicyclic) bond motifs is 1. The largest absolute Gasteiger partial charge is 0.350 e. The highest BCUT2D eigenvalue weighted by atomic mass is 32.2. The van der Waals surface area contributed by atoms with E-state index in [2.05, 4.69) is 27.6 Å². The maximum Gasteiger partial charge on any atom is 0.272 e. The number of thioether (sulfide) groups is 1. The fourth-order valence-electron chi connectivity index (χ4n) is 2.37. The summed E-state index contributed by atoms with van der Waals surface area (Å²) in [6.07, 6.45) is 0. The van der Waals surface area contributed by atoms with Crippen molar-refractivity contribution in [3.63, 3.8) is 0 Å². The first-order valence-corrected chi connectivity index (χ1v) is 8.78. The molecule has 24 heavy (non-hydrogen) atoms. The second-order valence-electron chi connectivity index (χ2n) is 5.24. The van der Waals surface area contributed by atoms with E-state index in [9.17, 15) is 9.59 Å². The van der Waals surface area contributed by atoms with Crippen LogP contribution in [0.1, 0.15) is 16.1 Å². The van der Waals surface area contributed by atoms with E-state index in [4.69, 9.17) is 0 Å². The number of nitrogens with zero attached hydrogens (tertiary/aromatic N) is 1. The molecule has 6 heteroatoms. The van der Waals surface area contributed by atoms with E-state index in [1.165, 1.54) is 5.56 Å². The number of H-pyrrole nitrogens is 1. The predicted molar refractivity (Wildman–Crippen MR) is 97.3 cm³/mol. The van der Waals surface area contributed by atoms with Gasteiger partial charge in [-0.1, -0.05) is 48.5 Å². The number of rotatable bonds is 6. The summed E-state index contributed by atoms with van der Waals surface area (Å²) in [6.45, 7) is 0.547. The first-order chi connectivity index (χ1) is 11.8. The summed E-state index contributed by atoms with van der Waals surface area (Å²) in [5, 5.41) is 10.2. The molecule has 0 radical (unpaired) electrons. The minimum Gasteiger partial charge on any atom is -0.350 e. The second kappa shape index (κ2) is 7.79. The van der Waals surface area contributed by atoms with Crippen LogP contribution < -0.4 is 10.9 Å². The van der Waals surface area contributed by atoms with Gasteiger partial charge in [0, 0.05) is 23.4 Å². The van der Waals surface area contributed by atoms with Gasteiger partial charge in [0.05, 0.1) is 5.39 Å². The third-order valence-corrected chi connectivity index (χ3v) is 4.58. The zero-order valence-corrected chi connectivity index (χ0v) is 13.8. The van der Waals surface area contributed by atoms with Gasteiger partial charge in [-0.2, -0.15) is 16.9 Å². The number of aromatic nitrogens is 2. The molecule has 0 fully saturated rings. The molecule has 5 nitrogen and oxygen atoms in total. The van der Waals surface area contributed by atoms with Crippen LogP contribution in [0.15, 0.2) is 59.4 Å². The second-order valence-corrected chi connectivity index (χ2v) is 6.35. The van der Waals surface area contributed by atoms with Gasteiger partial charge in [-0.3, -0.25) is 9.59 Å². The van der Waals surface area contributed by atoms with Crippen LogP contribution >= 0.6 is 11.8 Å². The van der Waals surface area contributed by atoms with Crippen molar-refractivity contribution in [3.05, 3.63) is 76.2 Å². The molecule has 1 amide bonds. The molecule has 0 aliphatic carbocycles. The molecule has 1 aromatic heterocycles. The van der Waals surface area contributed by atoms with E-state index >= 15 is 0 Å². The van der Waals surface area contributed by atoms with Gasteiger partial charge in [0.15, 0.2) is 5.69 Å². The van der Waals surface area contributed by atoms with E-state index in [0.717, 1.165) is 11.5 Å². The minimum atomic E-state index is -0.291. The zero-order valence-electron chi connectivity index (χ0n) is 13.0. The number of hydrogen-bond acceptors (Lipinski definition) is 4. The molecule has 3 aromatic rings. The zero-order chi connectivity index (χ0) is 16.8. The van der Waals surface area contributed by atoms with Gasteiger partial charge in [-0.25, -0.2) is 5.10 Å². The van der Waals surface area contributed by atoms with E-state index in [0.29, 0.717) is 17.3 Å². The van der Waals surface area contributed by atoms with E-state index in [-0.39, 0.29) is 17.2 Å². The SMILES string of the molecule is O=C(NCCSCc1ccccc1)c1n[nH]c(=O)c2ccccc12. The van der Waals surface area contributed by atoms with E-state index in [1.807, 2.05) is 18.2 Å². The molecule has 0 saturated heterocycles. The molecular weight excluding hydrogens is 322 g/mol.